The summed E-state index contributed by atoms with van der Waals surface area (Å²) in [4.78, 5) is 32.2. The fourth-order valence-corrected chi connectivity index (χ4v) is 3.24. The second kappa shape index (κ2) is 6.37. The summed E-state index contributed by atoms with van der Waals surface area (Å²) < 4.78 is 14.0. The first-order valence-corrected chi connectivity index (χ1v) is 8.58. The Morgan fingerprint density at radius 2 is 2.12 bits per heavy atom. The van der Waals surface area contributed by atoms with E-state index in [0.717, 1.165) is 24.1 Å². The summed E-state index contributed by atoms with van der Waals surface area (Å²) >= 11 is 0. The Labute approximate surface area is 149 Å². The quantitative estimate of drug-likeness (QED) is 0.758. The number of para-hydroxylation sites is 1. The third kappa shape index (κ3) is 2.98. The van der Waals surface area contributed by atoms with Gasteiger partial charge in [-0.05, 0) is 49.4 Å². The number of pyridine rings is 2. The van der Waals surface area contributed by atoms with Gasteiger partial charge in [0, 0.05) is 17.6 Å². The van der Waals surface area contributed by atoms with E-state index < -0.39 is 11.7 Å². The van der Waals surface area contributed by atoms with Crippen molar-refractivity contribution in [3.8, 4) is 0 Å². The number of hydrogen-bond acceptors (Lipinski definition) is 3. The predicted molar refractivity (Wildman–Crippen MR) is 96.4 cm³/mol. The first-order chi connectivity index (χ1) is 12.5. The second-order valence-electron chi connectivity index (χ2n) is 6.70. The van der Waals surface area contributed by atoms with Crippen LogP contribution in [0.15, 0.2) is 47.4 Å². The van der Waals surface area contributed by atoms with E-state index in [2.05, 4.69) is 15.3 Å². The zero-order valence-electron chi connectivity index (χ0n) is 14.3. The molecule has 6 heteroatoms. The highest BCUT2D eigenvalue weighted by Gasteiger charge is 2.35. The molecule has 0 radical (unpaired) electrons. The Bertz CT molecular complexity index is 1060. The average molecular weight is 351 g/mol. The maximum Gasteiger partial charge on any atom is 0.268 e. The largest absolute Gasteiger partial charge is 0.348 e. The topological polar surface area (TPSA) is 74.8 Å². The van der Waals surface area contributed by atoms with Crippen LogP contribution in [-0.2, 0) is 0 Å². The molecule has 1 fully saturated rings. The fourth-order valence-electron chi connectivity index (χ4n) is 3.24. The Hall–Kier alpha value is -3.02. The molecule has 0 saturated heterocycles. The molecule has 0 spiro atoms. The number of carbonyl (C=O) groups excluding carboxylic acids is 1. The van der Waals surface area contributed by atoms with Gasteiger partial charge in [-0.1, -0.05) is 12.1 Å². The van der Waals surface area contributed by atoms with Crippen LogP contribution in [0.3, 0.4) is 0 Å². The van der Waals surface area contributed by atoms with Crippen molar-refractivity contribution in [1.82, 2.24) is 15.3 Å². The number of H-pyrrole nitrogens is 1. The smallest absolute Gasteiger partial charge is 0.268 e. The van der Waals surface area contributed by atoms with E-state index in [-0.39, 0.29) is 28.1 Å². The van der Waals surface area contributed by atoms with Crippen molar-refractivity contribution in [2.24, 2.45) is 5.92 Å². The molecule has 132 valence electrons. The van der Waals surface area contributed by atoms with Gasteiger partial charge in [-0.25, -0.2) is 4.39 Å². The minimum absolute atomic E-state index is 0.0436. The number of benzene rings is 1. The number of fused-ring (bicyclic) bond motifs is 1. The van der Waals surface area contributed by atoms with Gasteiger partial charge in [0.15, 0.2) is 5.43 Å². The van der Waals surface area contributed by atoms with Crippen molar-refractivity contribution in [3.63, 3.8) is 0 Å². The van der Waals surface area contributed by atoms with Gasteiger partial charge in [0.05, 0.1) is 17.3 Å². The second-order valence-corrected chi connectivity index (χ2v) is 6.70. The molecule has 3 aromatic rings. The molecule has 1 saturated carbocycles. The molecule has 5 nitrogen and oxygen atoms in total. The van der Waals surface area contributed by atoms with E-state index >= 15 is 0 Å². The average Bonchev–Trinajstić information content (AvgIpc) is 3.46. The number of aromatic nitrogens is 2. The van der Waals surface area contributed by atoms with Crippen molar-refractivity contribution in [1.29, 1.82) is 0 Å². The molecule has 1 aliphatic rings. The van der Waals surface area contributed by atoms with Gasteiger partial charge in [-0.15, -0.1) is 0 Å². The van der Waals surface area contributed by atoms with Crippen LogP contribution in [0.1, 0.15) is 40.6 Å². The Balaban J connectivity index is 1.69. The zero-order valence-corrected chi connectivity index (χ0v) is 14.3. The van der Waals surface area contributed by atoms with Crippen LogP contribution in [0, 0.1) is 18.7 Å². The Morgan fingerprint density at radius 1 is 1.31 bits per heavy atom. The van der Waals surface area contributed by atoms with Crippen LogP contribution < -0.4 is 10.7 Å². The number of aryl methyl sites for hydroxylation is 1. The number of nitrogens with one attached hydrogen (secondary N) is 2. The van der Waals surface area contributed by atoms with E-state index in [1.54, 1.807) is 6.20 Å². The van der Waals surface area contributed by atoms with E-state index in [1.807, 2.05) is 19.1 Å². The number of hydrogen-bond donors (Lipinski definition) is 2. The highest BCUT2D eigenvalue weighted by Crippen LogP contribution is 2.41. The third-order valence-corrected chi connectivity index (χ3v) is 4.78. The highest BCUT2D eigenvalue weighted by atomic mass is 19.1. The molecule has 1 aliphatic carbocycles. The van der Waals surface area contributed by atoms with Crippen molar-refractivity contribution in [3.05, 3.63) is 75.6 Å². The minimum atomic E-state index is -0.562. The highest BCUT2D eigenvalue weighted by molar-refractivity contribution is 5.95. The van der Waals surface area contributed by atoms with Gasteiger partial charge >= 0.3 is 0 Å². The van der Waals surface area contributed by atoms with Crippen molar-refractivity contribution in [2.45, 2.75) is 25.8 Å². The number of amides is 1. The molecule has 2 heterocycles. The zero-order chi connectivity index (χ0) is 18.3. The third-order valence-electron chi connectivity index (χ3n) is 4.78. The number of rotatable bonds is 4. The van der Waals surface area contributed by atoms with Crippen LogP contribution in [-0.4, -0.2) is 15.9 Å². The Morgan fingerprint density at radius 3 is 2.85 bits per heavy atom. The van der Waals surface area contributed by atoms with Crippen molar-refractivity contribution in [2.75, 3.05) is 0 Å². The molecule has 2 aromatic heterocycles. The fraction of sp³-hybridized carbons (Fsp3) is 0.250. The van der Waals surface area contributed by atoms with Crippen LogP contribution in [0.5, 0.6) is 0 Å². The summed E-state index contributed by atoms with van der Waals surface area (Å²) in [5.74, 6) is -0.667. The molecule has 26 heavy (non-hydrogen) atoms. The monoisotopic (exact) mass is 351 g/mol. The molecule has 0 bridgehead atoms. The lowest BCUT2D eigenvalue weighted by Crippen LogP contribution is -2.32. The first-order valence-electron chi connectivity index (χ1n) is 8.58. The Kier molecular flexibility index (Phi) is 4.03. The SMILES string of the molecule is Cc1cccnc1[C@@H](NC(=O)c1cc(=O)c2cccc(F)c2[nH]1)C1CC1. The van der Waals surface area contributed by atoms with Crippen LogP contribution in [0.4, 0.5) is 4.39 Å². The lowest BCUT2D eigenvalue weighted by molar-refractivity contribution is 0.0925. The van der Waals surface area contributed by atoms with Gasteiger partial charge in [0.2, 0.25) is 0 Å². The standard InChI is InChI=1S/C20H18FN3O2/c1-11-4-3-9-22-17(11)18(12-7-8-12)24-20(26)15-10-16(25)13-5-2-6-14(21)19(13)23-15/h2-6,9-10,12,18H,7-8H2,1H3,(H,23,25)(H,24,26)/t18-/m0/s1. The lowest BCUT2D eigenvalue weighted by Gasteiger charge is -2.19. The molecular formula is C20H18FN3O2. The van der Waals surface area contributed by atoms with E-state index in [9.17, 15) is 14.0 Å². The van der Waals surface area contributed by atoms with E-state index in [0.29, 0.717) is 5.92 Å². The molecule has 1 aromatic carbocycles. The van der Waals surface area contributed by atoms with Gasteiger partial charge < -0.3 is 10.3 Å². The summed E-state index contributed by atoms with van der Waals surface area (Å²) in [5.41, 5.74) is 1.54. The molecule has 4 rings (SSSR count). The van der Waals surface area contributed by atoms with Gasteiger partial charge in [0.25, 0.3) is 5.91 Å². The number of nitrogens with zero attached hydrogens (tertiary/aromatic N) is 1. The van der Waals surface area contributed by atoms with Crippen LogP contribution in [0.25, 0.3) is 10.9 Å². The molecule has 0 aliphatic heterocycles. The van der Waals surface area contributed by atoms with E-state index in [4.69, 9.17) is 0 Å². The van der Waals surface area contributed by atoms with Gasteiger partial charge in [-0.2, -0.15) is 0 Å². The predicted octanol–water partition coefficient (Wildman–Crippen LogP) is 3.25. The van der Waals surface area contributed by atoms with Crippen LogP contribution >= 0.6 is 0 Å². The minimum Gasteiger partial charge on any atom is -0.348 e. The molecule has 1 amide bonds. The van der Waals surface area contributed by atoms with Crippen LogP contribution in [0.2, 0.25) is 0 Å². The summed E-state index contributed by atoms with van der Waals surface area (Å²) in [7, 11) is 0. The number of aromatic amines is 1. The first kappa shape index (κ1) is 16.4. The lowest BCUT2D eigenvalue weighted by atomic mass is 10.0. The van der Waals surface area contributed by atoms with Gasteiger partial charge in [-0.3, -0.25) is 14.6 Å². The molecule has 1 atom stereocenters. The summed E-state index contributed by atoms with van der Waals surface area (Å²) in [6, 6.07) is 9.06. The van der Waals surface area contributed by atoms with E-state index in [1.165, 1.54) is 24.3 Å². The maximum atomic E-state index is 14.0. The molecule has 0 unspecified atom stereocenters. The summed E-state index contributed by atoms with van der Waals surface area (Å²) in [6.07, 6.45) is 3.74. The summed E-state index contributed by atoms with van der Waals surface area (Å²) in [6.45, 7) is 1.96. The van der Waals surface area contributed by atoms with Gasteiger partial charge in [0.1, 0.15) is 11.5 Å². The van der Waals surface area contributed by atoms with Crippen molar-refractivity contribution < 1.29 is 9.18 Å². The molecular weight excluding hydrogens is 333 g/mol. The number of carbonyl (C=O) groups is 1. The molecule has 2 N–H and O–H groups in total. The van der Waals surface area contributed by atoms with Crippen molar-refractivity contribution >= 4 is 16.8 Å². The maximum absolute atomic E-state index is 14.0. The normalized spacial score (nSPS) is 15.0. The number of halogens is 1. The summed E-state index contributed by atoms with van der Waals surface area (Å²) in [5, 5.41) is 3.19.